The van der Waals surface area contributed by atoms with Crippen molar-refractivity contribution in [3.05, 3.63) is 28.5 Å². The van der Waals surface area contributed by atoms with E-state index in [0.29, 0.717) is 12.4 Å². The Balaban J connectivity index is 1.74. The van der Waals surface area contributed by atoms with Gasteiger partial charge in [-0.3, -0.25) is 0 Å². The van der Waals surface area contributed by atoms with E-state index in [9.17, 15) is 4.39 Å². The number of benzene rings is 1. The summed E-state index contributed by atoms with van der Waals surface area (Å²) in [7, 11) is 0. The highest BCUT2D eigenvalue weighted by Crippen LogP contribution is 2.27. The first kappa shape index (κ1) is 15.7. The van der Waals surface area contributed by atoms with Crippen LogP contribution in [-0.2, 0) is 4.74 Å². The van der Waals surface area contributed by atoms with E-state index < -0.39 is 0 Å². The third kappa shape index (κ3) is 4.72. The highest BCUT2D eigenvalue weighted by molar-refractivity contribution is 9.10. The normalized spacial score (nSPS) is 22.1. The van der Waals surface area contributed by atoms with Crippen LogP contribution in [0.25, 0.3) is 0 Å². The Morgan fingerprint density at radius 1 is 1.40 bits per heavy atom. The summed E-state index contributed by atoms with van der Waals surface area (Å²) < 4.78 is 25.5. The van der Waals surface area contributed by atoms with Gasteiger partial charge in [-0.05, 0) is 53.9 Å². The molecule has 1 heterocycles. The van der Waals surface area contributed by atoms with E-state index in [1.54, 1.807) is 6.07 Å². The van der Waals surface area contributed by atoms with Gasteiger partial charge in [0.1, 0.15) is 18.2 Å². The summed E-state index contributed by atoms with van der Waals surface area (Å²) in [5.74, 6) is 0.235. The lowest BCUT2D eigenvalue weighted by Crippen LogP contribution is -2.28. The van der Waals surface area contributed by atoms with Crippen molar-refractivity contribution in [1.82, 2.24) is 5.32 Å². The van der Waals surface area contributed by atoms with Crippen LogP contribution in [0.2, 0.25) is 0 Å². The Bertz CT molecular complexity index is 430. The summed E-state index contributed by atoms with van der Waals surface area (Å²) >= 11 is 3.35. The van der Waals surface area contributed by atoms with Gasteiger partial charge in [0.15, 0.2) is 0 Å². The van der Waals surface area contributed by atoms with Crippen LogP contribution in [0.5, 0.6) is 5.75 Å². The molecule has 0 bridgehead atoms. The van der Waals surface area contributed by atoms with Crippen molar-refractivity contribution >= 4 is 15.9 Å². The summed E-state index contributed by atoms with van der Waals surface area (Å²) in [5, 5.41) is 3.37. The molecule has 1 saturated heterocycles. The first-order valence-electron chi connectivity index (χ1n) is 7.13. The average Bonchev–Trinajstić information content (AvgIpc) is 2.88. The van der Waals surface area contributed by atoms with Crippen LogP contribution in [0.3, 0.4) is 0 Å². The molecular weight excluding hydrogens is 325 g/mol. The van der Waals surface area contributed by atoms with Crippen LogP contribution in [0, 0.1) is 5.82 Å². The summed E-state index contributed by atoms with van der Waals surface area (Å²) in [6.07, 6.45) is 3.54. The first-order chi connectivity index (χ1) is 9.69. The molecule has 1 aliphatic rings. The third-order valence-electron chi connectivity index (χ3n) is 3.31. The summed E-state index contributed by atoms with van der Waals surface area (Å²) in [5.41, 5.74) is 0. The predicted molar refractivity (Wildman–Crippen MR) is 80.7 cm³/mol. The Kier molecular flexibility index (Phi) is 6.26. The molecule has 1 N–H and O–H groups in total. The maximum atomic E-state index is 13.1. The third-order valence-corrected chi connectivity index (χ3v) is 3.97. The fourth-order valence-electron chi connectivity index (χ4n) is 2.26. The van der Waals surface area contributed by atoms with Crippen molar-refractivity contribution < 1.29 is 13.9 Å². The van der Waals surface area contributed by atoms with Gasteiger partial charge >= 0.3 is 0 Å². The molecule has 1 aliphatic heterocycles. The van der Waals surface area contributed by atoms with E-state index in [1.165, 1.54) is 12.1 Å². The van der Waals surface area contributed by atoms with Gasteiger partial charge in [-0.2, -0.15) is 0 Å². The molecule has 112 valence electrons. The molecular formula is C15H21BrFNO2. The molecule has 0 radical (unpaired) electrons. The second-order valence-electron chi connectivity index (χ2n) is 5.05. The SMILES string of the molecule is CCCNCC1CCC(COc2cc(F)ccc2Br)O1. The number of ether oxygens (including phenoxy) is 2. The molecule has 2 rings (SSSR count). The summed E-state index contributed by atoms with van der Waals surface area (Å²) in [6.45, 7) is 4.54. The van der Waals surface area contributed by atoms with Crippen molar-refractivity contribution in [2.24, 2.45) is 0 Å². The molecule has 0 spiro atoms. The van der Waals surface area contributed by atoms with Crippen LogP contribution in [0.1, 0.15) is 26.2 Å². The van der Waals surface area contributed by atoms with Gasteiger partial charge < -0.3 is 14.8 Å². The van der Waals surface area contributed by atoms with Crippen molar-refractivity contribution in [3.8, 4) is 5.75 Å². The lowest BCUT2D eigenvalue weighted by molar-refractivity contribution is 0.0184. The molecule has 1 aromatic carbocycles. The zero-order valence-electron chi connectivity index (χ0n) is 11.7. The number of hydrogen-bond acceptors (Lipinski definition) is 3. The van der Waals surface area contributed by atoms with Crippen molar-refractivity contribution in [2.45, 2.75) is 38.4 Å². The minimum Gasteiger partial charge on any atom is -0.490 e. The van der Waals surface area contributed by atoms with Crippen molar-refractivity contribution in [2.75, 3.05) is 19.7 Å². The highest BCUT2D eigenvalue weighted by atomic mass is 79.9. The standard InChI is InChI=1S/C15H21BrFNO2/c1-2-7-18-9-12-4-5-13(20-12)10-19-15-8-11(17)3-6-14(15)16/h3,6,8,12-13,18H,2,4-5,7,9-10H2,1H3. The van der Waals surface area contributed by atoms with Gasteiger partial charge in [0.25, 0.3) is 0 Å². The van der Waals surface area contributed by atoms with E-state index >= 15 is 0 Å². The zero-order valence-corrected chi connectivity index (χ0v) is 13.3. The smallest absolute Gasteiger partial charge is 0.136 e. The van der Waals surface area contributed by atoms with E-state index in [1.807, 2.05) is 0 Å². The Hall–Kier alpha value is -0.650. The number of hydrogen-bond donors (Lipinski definition) is 1. The molecule has 0 amide bonds. The molecule has 5 heteroatoms. The molecule has 1 aromatic rings. The van der Waals surface area contributed by atoms with Crippen LogP contribution < -0.4 is 10.1 Å². The molecule has 2 atom stereocenters. The molecule has 3 nitrogen and oxygen atoms in total. The number of rotatable bonds is 7. The van der Waals surface area contributed by atoms with Gasteiger partial charge in [0, 0.05) is 12.6 Å². The molecule has 0 aliphatic carbocycles. The van der Waals surface area contributed by atoms with Crippen LogP contribution in [0.15, 0.2) is 22.7 Å². The monoisotopic (exact) mass is 345 g/mol. The quantitative estimate of drug-likeness (QED) is 0.767. The molecule has 0 saturated carbocycles. The predicted octanol–water partition coefficient (Wildman–Crippen LogP) is 3.51. The number of nitrogens with one attached hydrogen (secondary N) is 1. The molecule has 2 unspecified atom stereocenters. The fourth-order valence-corrected chi connectivity index (χ4v) is 2.62. The second-order valence-corrected chi connectivity index (χ2v) is 5.90. The zero-order chi connectivity index (χ0) is 14.4. The minimum absolute atomic E-state index is 0.0959. The Morgan fingerprint density at radius 3 is 3.00 bits per heavy atom. The minimum atomic E-state index is -0.294. The molecule has 20 heavy (non-hydrogen) atoms. The topological polar surface area (TPSA) is 30.5 Å². The van der Waals surface area contributed by atoms with Crippen molar-refractivity contribution in [1.29, 1.82) is 0 Å². The summed E-state index contributed by atoms with van der Waals surface area (Å²) in [4.78, 5) is 0. The summed E-state index contributed by atoms with van der Waals surface area (Å²) in [6, 6.07) is 4.44. The van der Waals surface area contributed by atoms with E-state index in [4.69, 9.17) is 9.47 Å². The lowest BCUT2D eigenvalue weighted by atomic mass is 10.2. The maximum Gasteiger partial charge on any atom is 0.136 e. The molecule has 0 aromatic heterocycles. The molecule has 1 fully saturated rings. The van der Waals surface area contributed by atoms with Gasteiger partial charge in [0.2, 0.25) is 0 Å². The first-order valence-corrected chi connectivity index (χ1v) is 7.92. The van der Waals surface area contributed by atoms with Gasteiger partial charge in [-0.1, -0.05) is 6.92 Å². The van der Waals surface area contributed by atoms with E-state index in [2.05, 4.69) is 28.2 Å². The van der Waals surface area contributed by atoms with Gasteiger partial charge in [-0.15, -0.1) is 0 Å². The van der Waals surface area contributed by atoms with Crippen LogP contribution in [0.4, 0.5) is 4.39 Å². The van der Waals surface area contributed by atoms with Gasteiger partial charge in [-0.25, -0.2) is 4.39 Å². The second kappa shape index (κ2) is 7.96. The van der Waals surface area contributed by atoms with E-state index in [-0.39, 0.29) is 18.0 Å². The Morgan fingerprint density at radius 2 is 2.20 bits per heavy atom. The average molecular weight is 346 g/mol. The van der Waals surface area contributed by atoms with Gasteiger partial charge in [0.05, 0.1) is 16.7 Å². The van der Waals surface area contributed by atoms with Crippen LogP contribution >= 0.6 is 15.9 Å². The lowest BCUT2D eigenvalue weighted by Gasteiger charge is -2.15. The maximum absolute atomic E-state index is 13.1. The van der Waals surface area contributed by atoms with Crippen LogP contribution in [-0.4, -0.2) is 31.9 Å². The largest absolute Gasteiger partial charge is 0.490 e. The number of halogens is 2. The fraction of sp³-hybridized carbons (Fsp3) is 0.600. The van der Waals surface area contributed by atoms with Crippen molar-refractivity contribution in [3.63, 3.8) is 0 Å². The highest BCUT2D eigenvalue weighted by Gasteiger charge is 2.25. The Labute approximate surface area is 128 Å². The van der Waals surface area contributed by atoms with E-state index in [0.717, 1.165) is 36.8 Å².